The van der Waals surface area contributed by atoms with Crippen molar-refractivity contribution >= 4 is 5.84 Å². The molecule has 2 rings (SSSR count). The first-order valence-electron chi connectivity index (χ1n) is 6.16. The average Bonchev–Trinajstić information content (AvgIpc) is 2.55. The minimum atomic E-state index is -2.89. The zero-order valence-corrected chi connectivity index (χ0v) is 11.2. The van der Waals surface area contributed by atoms with Crippen LogP contribution in [0, 0.1) is 5.41 Å². The molecule has 0 saturated heterocycles. The van der Waals surface area contributed by atoms with Crippen molar-refractivity contribution < 1.29 is 18.3 Å². The summed E-state index contributed by atoms with van der Waals surface area (Å²) >= 11 is 0. The van der Waals surface area contributed by atoms with Crippen LogP contribution in [0.15, 0.2) is 31.0 Å². The Kier molecular flexibility index (Phi) is 3.92. The Bertz CT molecular complexity index is 526. The van der Waals surface area contributed by atoms with E-state index < -0.39 is 12.5 Å². The average molecular weight is 282 g/mol. The van der Waals surface area contributed by atoms with Crippen LogP contribution in [0.4, 0.5) is 8.78 Å². The zero-order chi connectivity index (χ0) is 14.8. The van der Waals surface area contributed by atoms with Gasteiger partial charge in [0, 0.05) is 13.0 Å². The minimum absolute atomic E-state index is 0.264. The van der Waals surface area contributed by atoms with E-state index in [0.717, 1.165) is 6.92 Å². The standard InChI is InChI=1S/C14H16F2N2O2/c1-3-18-6-7-19-12-8-10(20-9-14(2,15)16)4-5-11(12)13(18)17/h3-5,8,17H,1,6-7,9H2,2H3. The van der Waals surface area contributed by atoms with Crippen molar-refractivity contribution in [2.75, 3.05) is 19.8 Å². The number of ether oxygens (including phenoxy) is 2. The number of nitrogens with zero attached hydrogens (tertiary/aromatic N) is 1. The molecule has 20 heavy (non-hydrogen) atoms. The molecule has 1 N–H and O–H groups in total. The van der Waals surface area contributed by atoms with Crippen LogP contribution in [0.1, 0.15) is 12.5 Å². The predicted molar refractivity (Wildman–Crippen MR) is 71.8 cm³/mol. The fourth-order valence-electron chi connectivity index (χ4n) is 1.82. The third-order valence-corrected chi connectivity index (χ3v) is 2.80. The van der Waals surface area contributed by atoms with Gasteiger partial charge in [-0.1, -0.05) is 6.58 Å². The van der Waals surface area contributed by atoms with Crippen LogP contribution in [0.25, 0.3) is 0 Å². The van der Waals surface area contributed by atoms with Crippen molar-refractivity contribution in [2.24, 2.45) is 0 Å². The first-order chi connectivity index (χ1) is 9.40. The molecule has 1 aromatic rings. The molecule has 1 heterocycles. The summed E-state index contributed by atoms with van der Waals surface area (Å²) in [6.45, 7) is 4.65. The van der Waals surface area contributed by atoms with Crippen molar-refractivity contribution in [1.29, 1.82) is 5.41 Å². The van der Waals surface area contributed by atoms with Gasteiger partial charge in [-0.15, -0.1) is 0 Å². The van der Waals surface area contributed by atoms with Crippen LogP contribution in [0.3, 0.4) is 0 Å². The molecule has 4 nitrogen and oxygen atoms in total. The molecule has 0 fully saturated rings. The highest BCUT2D eigenvalue weighted by Gasteiger charge is 2.23. The summed E-state index contributed by atoms with van der Waals surface area (Å²) in [5.74, 6) is -1.87. The van der Waals surface area contributed by atoms with E-state index in [1.165, 1.54) is 6.07 Å². The van der Waals surface area contributed by atoms with E-state index in [0.29, 0.717) is 30.2 Å². The normalized spacial score (nSPS) is 15.2. The number of alkyl halides is 2. The molecule has 0 saturated carbocycles. The van der Waals surface area contributed by atoms with Gasteiger partial charge in [0.1, 0.15) is 23.9 Å². The van der Waals surface area contributed by atoms with Gasteiger partial charge in [-0.3, -0.25) is 5.41 Å². The lowest BCUT2D eigenvalue weighted by Crippen LogP contribution is -2.26. The van der Waals surface area contributed by atoms with Crippen LogP contribution < -0.4 is 9.47 Å². The van der Waals surface area contributed by atoms with Gasteiger partial charge in [0.15, 0.2) is 6.61 Å². The second kappa shape index (κ2) is 5.48. The SMILES string of the molecule is C=CN1CCOc2cc(OCC(C)(F)F)ccc2C1=N. The molecule has 1 aromatic carbocycles. The molecule has 0 radical (unpaired) electrons. The first-order valence-corrected chi connectivity index (χ1v) is 6.16. The summed E-state index contributed by atoms with van der Waals surface area (Å²) in [6.07, 6.45) is 1.56. The Morgan fingerprint density at radius 2 is 2.30 bits per heavy atom. The fraction of sp³-hybridized carbons (Fsp3) is 0.357. The van der Waals surface area contributed by atoms with E-state index in [-0.39, 0.29) is 5.84 Å². The lowest BCUT2D eigenvalue weighted by atomic mass is 10.1. The Hall–Kier alpha value is -2.11. The Labute approximate surface area is 116 Å². The second-order valence-electron chi connectivity index (χ2n) is 4.59. The van der Waals surface area contributed by atoms with Crippen LogP contribution in [-0.4, -0.2) is 36.4 Å². The number of rotatable bonds is 4. The molecular weight excluding hydrogens is 266 g/mol. The van der Waals surface area contributed by atoms with Gasteiger partial charge in [0.2, 0.25) is 0 Å². The number of amidine groups is 1. The lowest BCUT2D eigenvalue weighted by Gasteiger charge is -2.17. The number of halogens is 2. The quantitative estimate of drug-likeness (QED) is 0.923. The molecule has 108 valence electrons. The van der Waals surface area contributed by atoms with E-state index in [1.54, 1.807) is 23.2 Å². The van der Waals surface area contributed by atoms with E-state index in [9.17, 15) is 8.78 Å². The van der Waals surface area contributed by atoms with E-state index in [4.69, 9.17) is 14.9 Å². The van der Waals surface area contributed by atoms with Gasteiger partial charge in [-0.05, 0) is 18.3 Å². The smallest absolute Gasteiger partial charge is 0.278 e. The highest BCUT2D eigenvalue weighted by molar-refractivity contribution is 6.00. The summed E-state index contributed by atoms with van der Waals surface area (Å²) in [4.78, 5) is 1.66. The monoisotopic (exact) mass is 282 g/mol. The summed E-state index contributed by atoms with van der Waals surface area (Å²) in [7, 11) is 0. The molecular formula is C14H16F2N2O2. The highest BCUT2D eigenvalue weighted by atomic mass is 19.3. The number of fused-ring (bicyclic) bond motifs is 1. The van der Waals surface area contributed by atoms with Gasteiger partial charge in [-0.25, -0.2) is 8.78 Å². The van der Waals surface area contributed by atoms with Gasteiger partial charge in [0.25, 0.3) is 5.92 Å². The Morgan fingerprint density at radius 3 is 2.95 bits per heavy atom. The molecule has 0 aromatic heterocycles. The van der Waals surface area contributed by atoms with Gasteiger partial charge in [0.05, 0.1) is 12.1 Å². The fourth-order valence-corrected chi connectivity index (χ4v) is 1.82. The molecule has 1 aliphatic rings. The number of hydrogen-bond donors (Lipinski definition) is 1. The van der Waals surface area contributed by atoms with Crippen molar-refractivity contribution in [3.63, 3.8) is 0 Å². The van der Waals surface area contributed by atoms with Crippen molar-refractivity contribution in [2.45, 2.75) is 12.8 Å². The molecule has 1 aliphatic heterocycles. The van der Waals surface area contributed by atoms with E-state index in [2.05, 4.69) is 6.58 Å². The molecule has 0 aliphatic carbocycles. The predicted octanol–water partition coefficient (Wildman–Crippen LogP) is 2.88. The second-order valence-corrected chi connectivity index (χ2v) is 4.59. The maximum atomic E-state index is 12.8. The van der Waals surface area contributed by atoms with Crippen LogP contribution >= 0.6 is 0 Å². The van der Waals surface area contributed by atoms with Gasteiger partial charge >= 0.3 is 0 Å². The van der Waals surface area contributed by atoms with Crippen molar-refractivity contribution in [3.8, 4) is 11.5 Å². The zero-order valence-electron chi connectivity index (χ0n) is 11.2. The molecule has 0 unspecified atom stereocenters. The number of benzene rings is 1. The van der Waals surface area contributed by atoms with E-state index >= 15 is 0 Å². The largest absolute Gasteiger partial charge is 0.491 e. The van der Waals surface area contributed by atoms with Gasteiger partial charge in [-0.2, -0.15) is 0 Å². The van der Waals surface area contributed by atoms with E-state index in [1.807, 2.05) is 0 Å². The number of nitrogens with one attached hydrogen (secondary N) is 1. The summed E-state index contributed by atoms with van der Waals surface area (Å²) in [5.41, 5.74) is 0.581. The van der Waals surface area contributed by atoms with Crippen LogP contribution in [-0.2, 0) is 0 Å². The first kappa shape index (κ1) is 14.3. The third-order valence-electron chi connectivity index (χ3n) is 2.80. The Balaban J connectivity index is 2.21. The maximum Gasteiger partial charge on any atom is 0.278 e. The summed E-state index contributed by atoms with van der Waals surface area (Å²) < 4.78 is 36.1. The Morgan fingerprint density at radius 1 is 1.55 bits per heavy atom. The van der Waals surface area contributed by atoms with Crippen molar-refractivity contribution in [3.05, 3.63) is 36.5 Å². The van der Waals surface area contributed by atoms with Crippen LogP contribution in [0.5, 0.6) is 11.5 Å². The third kappa shape index (κ3) is 3.26. The van der Waals surface area contributed by atoms with Gasteiger partial charge < -0.3 is 14.4 Å². The molecule has 0 bridgehead atoms. The van der Waals surface area contributed by atoms with Crippen LogP contribution in [0.2, 0.25) is 0 Å². The highest BCUT2D eigenvalue weighted by Crippen LogP contribution is 2.28. The number of hydrogen-bond acceptors (Lipinski definition) is 3. The molecule has 6 heteroatoms. The molecule has 0 atom stereocenters. The maximum absolute atomic E-state index is 12.8. The summed E-state index contributed by atoms with van der Waals surface area (Å²) in [5, 5.41) is 8.05. The lowest BCUT2D eigenvalue weighted by molar-refractivity contribution is -0.0230. The van der Waals surface area contributed by atoms with Crippen molar-refractivity contribution in [1.82, 2.24) is 4.90 Å². The minimum Gasteiger partial charge on any atom is -0.491 e. The molecule has 0 spiro atoms. The summed E-state index contributed by atoms with van der Waals surface area (Å²) in [6, 6.07) is 4.71. The molecule has 0 amide bonds. The topological polar surface area (TPSA) is 45.6 Å².